The zero-order valence-corrected chi connectivity index (χ0v) is 18.7. The van der Waals surface area contributed by atoms with Crippen LogP contribution >= 0.6 is 0 Å². The minimum absolute atomic E-state index is 0.706. The maximum absolute atomic E-state index is 10.8. The van der Waals surface area contributed by atoms with Gasteiger partial charge in [0.1, 0.15) is 73.2 Å². The van der Waals surface area contributed by atoms with Crippen LogP contribution in [0.5, 0.6) is 0 Å². The molecule has 0 amide bonds. The molecule has 0 saturated carbocycles. The van der Waals surface area contributed by atoms with Crippen molar-refractivity contribution in [2.75, 3.05) is 26.9 Å². The summed E-state index contributed by atoms with van der Waals surface area (Å²) in [5.41, 5.74) is 0. The maximum atomic E-state index is 10.8. The van der Waals surface area contributed by atoms with Gasteiger partial charge in [-0.05, 0) is 0 Å². The average molecular weight is 518 g/mol. The highest BCUT2D eigenvalue weighted by Gasteiger charge is 2.54. The topological polar surface area (TPSA) is 258 Å². The average Bonchev–Trinajstić information content (AvgIpc) is 2.86. The summed E-state index contributed by atoms with van der Waals surface area (Å²) in [6, 6.07) is 0. The van der Waals surface area contributed by atoms with Crippen molar-refractivity contribution in [3.8, 4) is 0 Å². The predicted octanol–water partition coefficient (Wildman–Crippen LogP) is -6.92. The number of aliphatic hydroxyl groups excluding tert-OH is 10. The number of hydrogen-bond donors (Lipinski definition) is 10. The molecular formula is C19H34O16. The van der Waals surface area contributed by atoms with Gasteiger partial charge in [0.2, 0.25) is 0 Å². The molecular weight excluding hydrogens is 484 g/mol. The highest BCUT2D eigenvalue weighted by atomic mass is 16.8. The van der Waals surface area contributed by atoms with E-state index < -0.39 is 112 Å². The van der Waals surface area contributed by atoms with Crippen molar-refractivity contribution in [2.24, 2.45) is 0 Å². The first-order valence-corrected chi connectivity index (χ1v) is 11.0. The summed E-state index contributed by atoms with van der Waals surface area (Å²) >= 11 is 0. The molecule has 0 aliphatic carbocycles. The van der Waals surface area contributed by atoms with Crippen LogP contribution in [0.4, 0.5) is 0 Å². The predicted molar refractivity (Wildman–Crippen MR) is 106 cm³/mol. The first-order valence-electron chi connectivity index (χ1n) is 11.0. The quantitative estimate of drug-likeness (QED) is 0.143. The Kier molecular flexibility index (Phi) is 10.1. The zero-order valence-electron chi connectivity index (χ0n) is 18.7. The summed E-state index contributed by atoms with van der Waals surface area (Å²) in [7, 11) is 1.19. The lowest BCUT2D eigenvalue weighted by atomic mass is 9.96. The lowest BCUT2D eigenvalue weighted by Gasteiger charge is -2.48. The van der Waals surface area contributed by atoms with Gasteiger partial charge < -0.3 is 79.5 Å². The number of methoxy groups -OCH3 is 1. The van der Waals surface area contributed by atoms with Crippen molar-refractivity contribution in [3.05, 3.63) is 0 Å². The van der Waals surface area contributed by atoms with Crippen LogP contribution in [-0.2, 0) is 28.4 Å². The van der Waals surface area contributed by atoms with Gasteiger partial charge >= 0.3 is 0 Å². The van der Waals surface area contributed by atoms with Gasteiger partial charge in [0, 0.05) is 7.11 Å². The van der Waals surface area contributed by atoms with Gasteiger partial charge in [-0.15, -0.1) is 0 Å². The van der Waals surface area contributed by atoms with E-state index in [4.69, 9.17) is 28.4 Å². The Morgan fingerprint density at radius 1 is 0.486 bits per heavy atom. The van der Waals surface area contributed by atoms with Gasteiger partial charge in [0.05, 0.1) is 19.8 Å². The molecule has 0 bridgehead atoms. The minimum Gasteiger partial charge on any atom is -0.394 e. The number of hydrogen-bond acceptors (Lipinski definition) is 16. The standard InChI is InChI=1S/C19H34O16/c1-30-19-16(35-18-14(29)12(27)9(24)6(3-21)32-18)15(10(25)7(4-22)33-19)34-17-13(28)11(26)8(23)5(2-20)31-17/h5-29H,2-4H2,1H3/t5?,6?,7?,8-,9-,10-,11?,12?,13?,14?,15?,16?,17+,18+,19-/m1/s1. The van der Waals surface area contributed by atoms with Gasteiger partial charge in [-0.3, -0.25) is 0 Å². The van der Waals surface area contributed by atoms with E-state index in [9.17, 15) is 51.1 Å². The number of ether oxygens (including phenoxy) is 6. The van der Waals surface area contributed by atoms with E-state index in [0.29, 0.717) is 0 Å². The summed E-state index contributed by atoms with van der Waals surface area (Å²) in [4.78, 5) is 0. The highest BCUT2D eigenvalue weighted by molar-refractivity contribution is 4.96. The second-order valence-corrected chi connectivity index (χ2v) is 8.55. The van der Waals surface area contributed by atoms with E-state index in [2.05, 4.69) is 0 Å². The summed E-state index contributed by atoms with van der Waals surface area (Å²) in [6.45, 7) is -2.19. The van der Waals surface area contributed by atoms with Crippen molar-refractivity contribution in [2.45, 2.75) is 92.1 Å². The molecule has 3 aliphatic heterocycles. The molecule has 35 heavy (non-hydrogen) atoms. The van der Waals surface area contributed by atoms with Gasteiger partial charge in [-0.2, -0.15) is 0 Å². The Morgan fingerprint density at radius 3 is 1.26 bits per heavy atom. The summed E-state index contributed by atoms with van der Waals surface area (Å²) < 4.78 is 32.6. The first kappa shape index (κ1) is 28.9. The van der Waals surface area contributed by atoms with Crippen LogP contribution in [-0.4, -0.2) is 170 Å². The monoisotopic (exact) mass is 518 g/mol. The Hall–Kier alpha value is -0.640. The van der Waals surface area contributed by atoms with Crippen molar-refractivity contribution >= 4 is 0 Å². The van der Waals surface area contributed by atoms with E-state index >= 15 is 0 Å². The van der Waals surface area contributed by atoms with Crippen LogP contribution in [0.1, 0.15) is 0 Å². The Balaban J connectivity index is 1.86. The first-order chi connectivity index (χ1) is 16.6. The number of rotatable bonds is 8. The van der Waals surface area contributed by atoms with Crippen molar-refractivity contribution < 1.29 is 79.5 Å². The molecule has 15 atom stereocenters. The third-order valence-electron chi connectivity index (χ3n) is 6.31. The summed E-state index contributed by atoms with van der Waals surface area (Å²) in [6.07, 6.45) is -24.1. The SMILES string of the molecule is CO[C@@H]1OC(CO)[C@@H](O)C(O[C@@H]2OC(CO)[C@@H](O)C(O)C2O)C1O[C@@H]1OC(CO)[C@@H](O)C(O)C1O. The second kappa shape index (κ2) is 12.3. The molecule has 0 aromatic carbocycles. The number of aliphatic hydroxyl groups is 10. The van der Waals surface area contributed by atoms with Gasteiger partial charge in [-0.25, -0.2) is 0 Å². The van der Waals surface area contributed by atoms with E-state index in [0.717, 1.165) is 0 Å². The molecule has 10 N–H and O–H groups in total. The molecule has 9 unspecified atom stereocenters. The molecule has 16 nitrogen and oxygen atoms in total. The minimum atomic E-state index is -1.84. The van der Waals surface area contributed by atoms with E-state index in [1.807, 2.05) is 0 Å². The Labute approximate surface area is 199 Å². The van der Waals surface area contributed by atoms with Crippen molar-refractivity contribution in [3.63, 3.8) is 0 Å². The largest absolute Gasteiger partial charge is 0.394 e. The van der Waals surface area contributed by atoms with Crippen molar-refractivity contribution in [1.29, 1.82) is 0 Å². The molecule has 0 radical (unpaired) electrons. The molecule has 3 aliphatic rings. The van der Waals surface area contributed by atoms with Gasteiger partial charge in [0.25, 0.3) is 0 Å². The van der Waals surface area contributed by atoms with Gasteiger partial charge in [0.15, 0.2) is 18.9 Å². The fourth-order valence-corrected chi connectivity index (χ4v) is 4.20. The molecule has 206 valence electrons. The zero-order chi connectivity index (χ0) is 26.0. The molecule has 0 aromatic heterocycles. The Morgan fingerprint density at radius 2 is 0.857 bits per heavy atom. The summed E-state index contributed by atoms with van der Waals surface area (Å²) in [5, 5.41) is 99.9. The van der Waals surface area contributed by atoms with Crippen LogP contribution in [0.3, 0.4) is 0 Å². The maximum Gasteiger partial charge on any atom is 0.187 e. The molecule has 3 heterocycles. The third kappa shape index (κ3) is 5.78. The van der Waals surface area contributed by atoms with Crippen LogP contribution in [0.2, 0.25) is 0 Å². The molecule has 16 heteroatoms. The molecule has 0 aromatic rings. The third-order valence-corrected chi connectivity index (χ3v) is 6.31. The van der Waals surface area contributed by atoms with Crippen LogP contribution < -0.4 is 0 Å². The lowest BCUT2D eigenvalue weighted by Crippen LogP contribution is -2.67. The lowest BCUT2D eigenvalue weighted by molar-refractivity contribution is -0.390. The molecule has 0 spiro atoms. The molecule has 3 fully saturated rings. The molecule has 3 saturated heterocycles. The van der Waals surface area contributed by atoms with Crippen LogP contribution in [0.15, 0.2) is 0 Å². The molecule has 3 rings (SSSR count). The fourth-order valence-electron chi connectivity index (χ4n) is 4.20. The normalized spacial score (nSPS) is 51.3. The highest BCUT2D eigenvalue weighted by Crippen LogP contribution is 2.33. The smallest absolute Gasteiger partial charge is 0.187 e. The Bertz CT molecular complexity index is 652. The van der Waals surface area contributed by atoms with Crippen molar-refractivity contribution in [1.82, 2.24) is 0 Å². The van der Waals surface area contributed by atoms with E-state index in [-0.39, 0.29) is 0 Å². The second-order valence-electron chi connectivity index (χ2n) is 8.55. The summed E-state index contributed by atoms with van der Waals surface area (Å²) in [5.74, 6) is 0. The van der Waals surface area contributed by atoms with E-state index in [1.54, 1.807) is 0 Å². The fraction of sp³-hybridized carbons (Fsp3) is 1.00. The van der Waals surface area contributed by atoms with Gasteiger partial charge in [-0.1, -0.05) is 0 Å². The van der Waals surface area contributed by atoms with Crippen LogP contribution in [0, 0.1) is 0 Å². The van der Waals surface area contributed by atoms with E-state index in [1.165, 1.54) is 7.11 Å². The van der Waals surface area contributed by atoms with Crippen LogP contribution in [0.25, 0.3) is 0 Å².